The number of fused-ring (bicyclic) bond motifs is 6. The van der Waals surface area contributed by atoms with E-state index >= 15 is 4.79 Å². The molecule has 0 saturated carbocycles. The van der Waals surface area contributed by atoms with Crippen molar-refractivity contribution in [1.82, 2.24) is 4.90 Å². The Balaban J connectivity index is 1.53. The fraction of sp³-hybridized carbons (Fsp3) is 0.194. The minimum atomic E-state index is -1.45. The molecule has 0 radical (unpaired) electrons. The van der Waals surface area contributed by atoms with Crippen molar-refractivity contribution in [3.8, 4) is 17.2 Å². The number of para-hydroxylation sites is 1. The van der Waals surface area contributed by atoms with Gasteiger partial charge in [0, 0.05) is 23.5 Å². The van der Waals surface area contributed by atoms with Crippen LogP contribution in [0.15, 0.2) is 97.2 Å². The Morgan fingerprint density at radius 1 is 0.795 bits per heavy atom. The van der Waals surface area contributed by atoms with Crippen molar-refractivity contribution in [2.24, 2.45) is 5.92 Å². The number of carbonyl (C=O) groups is 3. The number of hydrogen-bond acceptors (Lipinski definition) is 7. The zero-order valence-electron chi connectivity index (χ0n) is 24.4. The van der Waals surface area contributed by atoms with E-state index in [2.05, 4.69) is 5.32 Å². The van der Waals surface area contributed by atoms with Gasteiger partial charge in [0.2, 0.25) is 5.91 Å². The lowest BCUT2D eigenvalue weighted by molar-refractivity contribution is -0.122. The number of ether oxygens (including phenoxy) is 3. The number of benzene rings is 4. The molecule has 0 unspecified atom stereocenters. The zero-order chi connectivity index (χ0) is 30.6. The third-order valence-corrected chi connectivity index (χ3v) is 9.15. The highest BCUT2D eigenvalue weighted by Crippen LogP contribution is 2.62. The number of hydrogen-bond donors (Lipinski definition) is 1. The smallest absolute Gasteiger partial charge is 0.238 e. The molecular formula is C36H30N2O6. The molecule has 4 atom stereocenters. The van der Waals surface area contributed by atoms with Crippen LogP contribution in [-0.2, 0) is 10.2 Å². The molecule has 1 fully saturated rings. The first-order valence-electron chi connectivity index (χ1n) is 14.3. The summed E-state index contributed by atoms with van der Waals surface area (Å²) < 4.78 is 16.5. The van der Waals surface area contributed by atoms with Gasteiger partial charge in [-0.15, -0.1) is 0 Å². The number of methoxy groups -OCH3 is 3. The van der Waals surface area contributed by atoms with Crippen molar-refractivity contribution in [2.45, 2.75) is 17.5 Å². The van der Waals surface area contributed by atoms with E-state index in [0.29, 0.717) is 34.1 Å². The van der Waals surface area contributed by atoms with E-state index in [4.69, 9.17) is 14.2 Å². The van der Waals surface area contributed by atoms with Gasteiger partial charge in [0.05, 0.1) is 38.9 Å². The van der Waals surface area contributed by atoms with Crippen LogP contribution in [0.5, 0.6) is 17.2 Å². The van der Waals surface area contributed by atoms with Gasteiger partial charge in [0.1, 0.15) is 28.7 Å². The molecule has 1 amide bonds. The summed E-state index contributed by atoms with van der Waals surface area (Å²) in [6.45, 7) is 0. The quantitative estimate of drug-likeness (QED) is 0.278. The summed E-state index contributed by atoms with van der Waals surface area (Å²) in [6, 6.07) is 25.4. The highest BCUT2D eigenvalue weighted by molar-refractivity contribution is 6.17. The molecule has 7 rings (SSSR count). The van der Waals surface area contributed by atoms with Gasteiger partial charge >= 0.3 is 0 Å². The first kappa shape index (κ1) is 27.5. The summed E-state index contributed by atoms with van der Waals surface area (Å²) in [4.78, 5) is 46.5. The molecule has 8 nitrogen and oxygen atoms in total. The molecule has 44 heavy (non-hydrogen) atoms. The number of amides is 1. The average Bonchev–Trinajstić information content (AvgIpc) is 3.55. The minimum Gasteiger partial charge on any atom is -0.497 e. The van der Waals surface area contributed by atoms with Crippen molar-refractivity contribution >= 4 is 29.2 Å². The number of ketones is 2. The van der Waals surface area contributed by atoms with Gasteiger partial charge in [0.25, 0.3) is 0 Å². The molecular weight excluding hydrogens is 556 g/mol. The summed E-state index contributed by atoms with van der Waals surface area (Å²) in [5.41, 5.74) is 2.28. The van der Waals surface area contributed by atoms with Crippen LogP contribution < -0.4 is 19.5 Å². The predicted molar refractivity (Wildman–Crippen MR) is 165 cm³/mol. The fourth-order valence-corrected chi connectivity index (χ4v) is 7.28. The number of anilines is 1. The Morgan fingerprint density at radius 2 is 1.55 bits per heavy atom. The highest BCUT2D eigenvalue weighted by atomic mass is 16.5. The second kappa shape index (κ2) is 10.4. The van der Waals surface area contributed by atoms with Gasteiger partial charge in [-0.1, -0.05) is 54.6 Å². The van der Waals surface area contributed by atoms with Gasteiger partial charge in [0.15, 0.2) is 11.6 Å². The summed E-state index contributed by atoms with van der Waals surface area (Å²) >= 11 is 0. The number of nitrogens with one attached hydrogen (secondary N) is 1. The summed E-state index contributed by atoms with van der Waals surface area (Å²) in [6.07, 6.45) is 3.79. The van der Waals surface area contributed by atoms with Crippen LogP contribution in [0.1, 0.15) is 43.4 Å². The molecule has 0 aromatic heterocycles. The first-order valence-corrected chi connectivity index (χ1v) is 14.3. The Hall–Kier alpha value is -5.37. The van der Waals surface area contributed by atoms with E-state index in [1.807, 2.05) is 65.7 Å². The van der Waals surface area contributed by atoms with Gasteiger partial charge in [-0.25, -0.2) is 0 Å². The largest absolute Gasteiger partial charge is 0.497 e. The lowest BCUT2D eigenvalue weighted by atomic mass is 9.62. The second-order valence-corrected chi connectivity index (χ2v) is 11.1. The van der Waals surface area contributed by atoms with Gasteiger partial charge in [-0.05, 0) is 53.1 Å². The maximum absolute atomic E-state index is 15.1. The van der Waals surface area contributed by atoms with Crippen molar-refractivity contribution in [2.75, 3.05) is 26.6 Å². The molecule has 4 aromatic carbocycles. The highest BCUT2D eigenvalue weighted by Gasteiger charge is 2.70. The van der Waals surface area contributed by atoms with Crippen LogP contribution in [0.4, 0.5) is 5.69 Å². The Kier molecular flexibility index (Phi) is 6.50. The van der Waals surface area contributed by atoms with E-state index in [1.54, 1.807) is 42.5 Å². The molecule has 3 heterocycles. The Labute approximate surface area is 254 Å². The summed E-state index contributed by atoms with van der Waals surface area (Å²) in [5.74, 6) is -0.802. The molecule has 1 saturated heterocycles. The van der Waals surface area contributed by atoms with Crippen LogP contribution in [0.2, 0.25) is 0 Å². The van der Waals surface area contributed by atoms with Crippen LogP contribution in [0.3, 0.4) is 0 Å². The van der Waals surface area contributed by atoms with Crippen LogP contribution >= 0.6 is 0 Å². The van der Waals surface area contributed by atoms with Crippen molar-refractivity contribution in [1.29, 1.82) is 0 Å². The third-order valence-electron chi connectivity index (χ3n) is 9.15. The van der Waals surface area contributed by atoms with Crippen molar-refractivity contribution in [3.63, 3.8) is 0 Å². The number of rotatable bonds is 7. The van der Waals surface area contributed by atoms with Crippen LogP contribution in [0.25, 0.3) is 6.08 Å². The van der Waals surface area contributed by atoms with E-state index in [0.717, 1.165) is 11.1 Å². The maximum atomic E-state index is 15.1. The number of carbonyl (C=O) groups excluding carboxylic acids is 3. The van der Waals surface area contributed by atoms with Crippen molar-refractivity contribution in [3.05, 3.63) is 125 Å². The predicted octanol–water partition coefficient (Wildman–Crippen LogP) is 5.69. The topological polar surface area (TPSA) is 94.2 Å². The molecule has 1 spiro atoms. The monoisotopic (exact) mass is 586 g/mol. The number of Topliss-reactive ketones (excluding diaryl/α,β-unsaturated/α-hetero) is 2. The van der Waals surface area contributed by atoms with E-state index in [1.165, 1.54) is 21.3 Å². The minimum absolute atomic E-state index is 0.260. The SMILES string of the molecule is COc1cccc(C(=O)[C@@H]2[C@@H](C(=O)c3ccc(OC)cc3OC)[C@]3(C(=O)Nc4ccccc43)[C@H]3c4ccccc4C=CN23)c1. The standard InChI is InChI=1S/C36H30N2O6/c1-42-23-11-8-10-22(19-23)32(39)31-30(33(40)26-16-15-24(43-2)20-29(26)44-3)36(27-13-6-7-14-28(27)37-35(36)41)34-25-12-5-4-9-21(25)17-18-38(31)34/h4-20,30-31,34H,1-3H3,(H,37,41)/t30-,31-,34+,36-/m0/s1. The van der Waals surface area contributed by atoms with E-state index < -0.39 is 23.4 Å². The molecule has 3 aliphatic heterocycles. The Bertz CT molecular complexity index is 1870. The average molecular weight is 587 g/mol. The van der Waals surface area contributed by atoms with Crippen molar-refractivity contribution < 1.29 is 28.6 Å². The zero-order valence-corrected chi connectivity index (χ0v) is 24.4. The van der Waals surface area contributed by atoms with Gasteiger partial charge < -0.3 is 24.4 Å². The molecule has 0 aliphatic carbocycles. The van der Waals surface area contributed by atoms with Crippen LogP contribution in [0, 0.1) is 5.92 Å². The molecule has 8 heteroatoms. The van der Waals surface area contributed by atoms with Gasteiger partial charge in [-0.2, -0.15) is 0 Å². The molecule has 3 aliphatic rings. The molecule has 1 N–H and O–H groups in total. The number of nitrogens with zero attached hydrogens (tertiary/aromatic N) is 1. The summed E-state index contributed by atoms with van der Waals surface area (Å²) in [7, 11) is 4.55. The normalized spacial score (nSPS) is 22.6. The van der Waals surface area contributed by atoms with E-state index in [9.17, 15) is 9.59 Å². The van der Waals surface area contributed by atoms with Gasteiger partial charge in [-0.3, -0.25) is 14.4 Å². The van der Waals surface area contributed by atoms with Crippen LogP contribution in [-0.4, -0.2) is 49.7 Å². The maximum Gasteiger partial charge on any atom is 0.238 e. The molecule has 220 valence electrons. The first-order chi connectivity index (χ1) is 21.4. The molecule has 4 aromatic rings. The lowest BCUT2D eigenvalue weighted by Crippen LogP contribution is -2.49. The third kappa shape index (κ3) is 3.80. The Morgan fingerprint density at radius 3 is 2.34 bits per heavy atom. The summed E-state index contributed by atoms with van der Waals surface area (Å²) in [5, 5.41) is 3.07. The lowest BCUT2D eigenvalue weighted by Gasteiger charge is -2.38. The van der Waals surface area contributed by atoms with E-state index in [-0.39, 0.29) is 23.0 Å². The fourth-order valence-electron chi connectivity index (χ4n) is 7.28. The second-order valence-electron chi connectivity index (χ2n) is 11.1. The molecule has 0 bridgehead atoms.